The lowest BCUT2D eigenvalue weighted by Gasteiger charge is -2.12. The van der Waals surface area contributed by atoms with Crippen LogP contribution < -0.4 is 14.2 Å². The summed E-state index contributed by atoms with van der Waals surface area (Å²) in [4.78, 5) is 11.1. The van der Waals surface area contributed by atoms with Crippen LogP contribution in [0.1, 0.15) is 10.4 Å². The maximum Gasteiger partial charge on any atom is 0.164 e. The maximum atomic E-state index is 11.1. The molecule has 0 bridgehead atoms. The van der Waals surface area contributed by atoms with Gasteiger partial charge in [-0.2, -0.15) is 0 Å². The molecule has 0 aliphatic carbocycles. The van der Waals surface area contributed by atoms with E-state index in [1.807, 2.05) is 30.3 Å². The standard InChI is InChI=1S/C15H14O4/c1-17-14-8-11(10-16)13(9-15(14)18-2)19-12-6-4-3-5-7-12/h3-10H,1-2H3. The van der Waals surface area contributed by atoms with E-state index in [0.29, 0.717) is 28.6 Å². The van der Waals surface area contributed by atoms with Gasteiger partial charge in [0.15, 0.2) is 17.8 Å². The Labute approximate surface area is 111 Å². The van der Waals surface area contributed by atoms with Crippen LogP contribution in [0.4, 0.5) is 0 Å². The number of para-hydroxylation sites is 1. The van der Waals surface area contributed by atoms with Gasteiger partial charge in [0.1, 0.15) is 11.5 Å². The third-order valence-corrected chi connectivity index (χ3v) is 2.61. The summed E-state index contributed by atoms with van der Waals surface area (Å²) >= 11 is 0. The van der Waals surface area contributed by atoms with Crippen molar-refractivity contribution in [2.75, 3.05) is 14.2 Å². The first-order valence-corrected chi connectivity index (χ1v) is 5.72. The molecule has 19 heavy (non-hydrogen) atoms. The second-order valence-electron chi connectivity index (χ2n) is 3.78. The van der Waals surface area contributed by atoms with E-state index in [0.717, 1.165) is 6.29 Å². The first-order valence-electron chi connectivity index (χ1n) is 5.72. The average Bonchev–Trinajstić information content (AvgIpc) is 2.47. The molecule has 0 radical (unpaired) electrons. The zero-order valence-corrected chi connectivity index (χ0v) is 10.8. The van der Waals surface area contributed by atoms with Gasteiger partial charge in [0, 0.05) is 6.07 Å². The van der Waals surface area contributed by atoms with Crippen molar-refractivity contribution < 1.29 is 19.0 Å². The molecule has 0 aromatic heterocycles. The summed E-state index contributed by atoms with van der Waals surface area (Å²) in [5.41, 5.74) is 0.404. The Bertz CT molecular complexity index is 564. The van der Waals surface area contributed by atoms with Gasteiger partial charge in [-0.05, 0) is 18.2 Å². The van der Waals surface area contributed by atoms with Crippen molar-refractivity contribution in [1.29, 1.82) is 0 Å². The number of carbonyl (C=O) groups is 1. The van der Waals surface area contributed by atoms with Gasteiger partial charge in [0.25, 0.3) is 0 Å². The highest BCUT2D eigenvalue weighted by atomic mass is 16.5. The molecule has 0 saturated carbocycles. The summed E-state index contributed by atoms with van der Waals surface area (Å²) in [6.07, 6.45) is 0.722. The first-order chi connectivity index (χ1) is 9.28. The molecule has 4 nitrogen and oxygen atoms in total. The van der Waals surface area contributed by atoms with Crippen LogP contribution in [0.5, 0.6) is 23.0 Å². The van der Waals surface area contributed by atoms with Crippen LogP contribution >= 0.6 is 0 Å². The van der Waals surface area contributed by atoms with E-state index in [9.17, 15) is 4.79 Å². The van der Waals surface area contributed by atoms with Crippen LogP contribution in [0.2, 0.25) is 0 Å². The molecule has 4 heteroatoms. The first kappa shape index (κ1) is 13.0. The summed E-state index contributed by atoms with van der Waals surface area (Å²) in [6.45, 7) is 0. The lowest BCUT2D eigenvalue weighted by Crippen LogP contribution is -1.96. The molecule has 0 fully saturated rings. The SMILES string of the molecule is COc1cc(C=O)c(Oc2ccccc2)cc1OC. The molecule has 0 heterocycles. The Hall–Kier alpha value is -2.49. The van der Waals surface area contributed by atoms with Crippen molar-refractivity contribution in [1.82, 2.24) is 0 Å². The van der Waals surface area contributed by atoms with E-state index < -0.39 is 0 Å². The zero-order valence-electron chi connectivity index (χ0n) is 10.8. The number of ether oxygens (including phenoxy) is 3. The van der Waals surface area contributed by atoms with Gasteiger partial charge in [-0.1, -0.05) is 18.2 Å². The van der Waals surface area contributed by atoms with Gasteiger partial charge in [0.2, 0.25) is 0 Å². The molecular weight excluding hydrogens is 244 g/mol. The van der Waals surface area contributed by atoms with Crippen molar-refractivity contribution >= 4 is 6.29 Å². The highest BCUT2D eigenvalue weighted by Crippen LogP contribution is 2.35. The van der Waals surface area contributed by atoms with Gasteiger partial charge < -0.3 is 14.2 Å². The molecule has 2 rings (SSSR count). The molecule has 0 atom stereocenters. The molecule has 0 aliphatic heterocycles. The summed E-state index contributed by atoms with van der Waals surface area (Å²) in [5, 5.41) is 0. The van der Waals surface area contributed by atoms with Gasteiger partial charge in [-0.15, -0.1) is 0 Å². The van der Waals surface area contributed by atoms with E-state index in [1.54, 1.807) is 12.1 Å². The van der Waals surface area contributed by atoms with Gasteiger partial charge in [-0.3, -0.25) is 4.79 Å². The van der Waals surface area contributed by atoms with Crippen molar-refractivity contribution in [3.8, 4) is 23.0 Å². The Morgan fingerprint density at radius 1 is 0.895 bits per heavy atom. The number of hydrogen-bond acceptors (Lipinski definition) is 4. The van der Waals surface area contributed by atoms with E-state index in [4.69, 9.17) is 14.2 Å². The van der Waals surface area contributed by atoms with Crippen LogP contribution in [-0.4, -0.2) is 20.5 Å². The molecule has 0 amide bonds. The fourth-order valence-electron chi connectivity index (χ4n) is 1.67. The normalized spacial score (nSPS) is 9.79. The number of methoxy groups -OCH3 is 2. The van der Waals surface area contributed by atoms with E-state index in [-0.39, 0.29) is 0 Å². The fraction of sp³-hybridized carbons (Fsp3) is 0.133. The second-order valence-corrected chi connectivity index (χ2v) is 3.78. The summed E-state index contributed by atoms with van der Waals surface area (Å²) in [6, 6.07) is 12.5. The van der Waals surface area contributed by atoms with Crippen molar-refractivity contribution in [3.63, 3.8) is 0 Å². The number of aldehydes is 1. The fourth-order valence-corrected chi connectivity index (χ4v) is 1.67. The molecule has 0 N–H and O–H groups in total. The molecule has 2 aromatic carbocycles. The molecular formula is C15H14O4. The third-order valence-electron chi connectivity index (χ3n) is 2.61. The smallest absolute Gasteiger partial charge is 0.164 e. The quantitative estimate of drug-likeness (QED) is 0.772. The monoisotopic (exact) mass is 258 g/mol. The molecule has 98 valence electrons. The number of benzene rings is 2. The predicted molar refractivity (Wildman–Crippen MR) is 71.4 cm³/mol. The van der Waals surface area contributed by atoms with Crippen LogP contribution in [0.15, 0.2) is 42.5 Å². The van der Waals surface area contributed by atoms with Crippen molar-refractivity contribution in [2.24, 2.45) is 0 Å². The Kier molecular flexibility index (Phi) is 4.03. The van der Waals surface area contributed by atoms with E-state index >= 15 is 0 Å². The molecule has 0 spiro atoms. The number of rotatable bonds is 5. The minimum atomic E-state index is 0.404. The van der Waals surface area contributed by atoms with Crippen molar-refractivity contribution in [2.45, 2.75) is 0 Å². The number of carbonyl (C=O) groups excluding carboxylic acids is 1. The zero-order chi connectivity index (χ0) is 13.7. The van der Waals surface area contributed by atoms with Crippen LogP contribution in [-0.2, 0) is 0 Å². The molecule has 0 saturated heterocycles. The summed E-state index contributed by atoms with van der Waals surface area (Å²) < 4.78 is 16.0. The van der Waals surface area contributed by atoms with E-state index in [1.165, 1.54) is 14.2 Å². The highest BCUT2D eigenvalue weighted by Gasteiger charge is 2.12. The summed E-state index contributed by atoms with van der Waals surface area (Å²) in [5.74, 6) is 2.08. The van der Waals surface area contributed by atoms with Gasteiger partial charge >= 0.3 is 0 Å². The highest BCUT2D eigenvalue weighted by molar-refractivity contribution is 5.81. The lowest BCUT2D eigenvalue weighted by atomic mass is 10.2. The largest absolute Gasteiger partial charge is 0.493 e. The third kappa shape index (κ3) is 2.85. The second kappa shape index (κ2) is 5.91. The number of hydrogen-bond donors (Lipinski definition) is 0. The lowest BCUT2D eigenvalue weighted by molar-refractivity contribution is 0.112. The van der Waals surface area contributed by atoms with Crippen LogP contribution in [0.25, 0.3) is 0 Å². The molecule has 0 unspecified atom stereocenters. The Morgan fingerprint density at radius 3 is 2.11 bits per heavy atom. The predicted octanol–water partition coefficient (Wildman–Crippen LogP) is 3.31. The average molecular weight is 258 g/mol. The topological polar surface area (TPSA) is 44.8 Å². The van der Waals surface area contributed by atoms with E-state index in [2.05, 4.69) is 0 Å². The Balaban J connectivity index is 2.41. The minimum Gasteiger partial charge on any atom is -0.493 e. The molecule has 0 aliphatic rings. The summed E-state index contributed by atoms with van der Waals surface area (Å²) in [7, 11) is 3.05. The Morgan fingerprint density at radius 2 is 1.53 bits per heavy atom. The minimum absolute atomic E-state index is 0.404. The van der Waals surface area contributed by atoms with Gasteiger partial charge in [0.05, 0.1) is 19.8 Å². The molecule has 2 aromatic rings. The van der Waals surface area contributed by atoms with Gasteiger partial charge in [-0.25, -0.2) is 0 Å². The van der Waals surface area contributed by atoms with Crippen LogP contribution in [0, 0.1) is 0 Å². The maximum absolute atomic E-state index is 11.1. The van der Waals surface area contributed by atoms with Crippen LogP contribution in [0.3, 0.4) is 0 Å². The van der Waals surface area contributed by atoms with Crippen molar-refractivity contribution in [3.05, 3.63) is 48.0 Å².